The molecule has 1 atom stereocenters. The van der Waals surface area contributed by atoms with E-state index < -0.39 is 9.84 Å². The van der Waals surface area contributed by atoms with Crippen molar-refractivity contribution < 1.29 is 13.2 Å². The molecule has 0 fully saturated rings. The highest BCUT2D eigenvalue weighted by molar-refractivity contribution is 7.91. The van der Waals surface area contributed by atoms with Crippen molar-refractivity contribution >= 4 is 27.3 Å². The molecule has 24 heavy (non-hydrogen) atoms. The summed E-state index contributed by atoms with van der Waals surface area (Å²) in [6.07, 6.45) is 1.02. The van der Waals surface area contributed by atoms with Crippen molar-refractivity contribution in [2.45, 2.75) is 30.7 Å². The zero-order valence-corrected chi connectivity index (χ0v) is 15.0. The lowest BCUT2D eigenvalue weighted by molar-refractivity contribution is 0.0935. The van der Waals surface area contributed by atoms with E-state index in [9.17, 15) is 13.2 Å². The Hall–Kier alpha value is -1.85. The molecule has 128 valence electrons. The molecular formula is C18H20ClNO3S. The van der Waals surface area contributed by atoms with Crippen LogP contribution in [0.1, 0.15) is 30.1 Å². The van der Waals surface area contributed by atoms with E-state index in [1.54, 1.807) is 54.6 Å². The maximum atomic E-state index is 12.3. The summed E-state index contributed by atoms with van der Waals surface area (Å²) < 4.78 is 24.6. The first-order valence-corrected chi connectivity index (χ1v) is 9.79. The van der Waals surface area contributed by atoms with Crippen molar-refractivity contribution in [2.75, 3.05) is 5.75 Å². The van der Waals surface area contributed by atoms with Crippen LogP contribution in [0, 0.1) is 0 Å². The number of carbonyl (C=O) groups is 1. The average Bonchev–Trinajstić information content (AvgIpc) is 2.59. The molecule has 2 rings (SSSR count). The molecule has 1 N–H and O–H groups in total. The molecule has 0 aliphatic carbocycles. The third kappa shape index (κ3) is 5.08. The number of carbonyl (C=O) groups excluding carboxylic acids is 1. The smallest absolute Gasteiger partial charge is 0.251 e. The fourth-order valence-electron chi connectivity index (χ4n) is 2.29. The molecule has 2 aromatic carbocycles. The third-order valence-electron chi connectivity index (χ3n) is 3.77. The molecule has 0 heterocycles. The summed E-state index contributed by atoms with van der Waals surface area (Å²) in [6.45, 7) is 1.92. The van der Waals surface area contributed by atoms with Gasteiger partial charge >= 0.3 is 0 Å². The summed E-state index contributed by atoms with van der Waals surface area (Å²) in [4.78, 5) is 12.5. The van der Waals surface area contributed by atoms with Crippen LogP contribution in [0.25, 0.3) is 0 Å². The molecule has 2 aromatic rings. The topological polar surface area (TPSA) is 63.2 Å². The zero-order chi connectivity index (χ0) is 17.6. The number of amides is 1. The molecule has 0 aliphatic heterocycles. The molecule has 0 saturated carbocycles. The Morgan fingerprint density at radius 3 is 2.29 bits per heavy atom. The number of nitrogens with one attached hydrogen (secondary N) is 1. The summed E-state index contributed by atoms with van der Waals surface area (Å²) in [6, 6.07) is 14.7. The lowest BCUT2D eigenvalue weighted by Gasteiger charge is -2.17. The van der Waals surface area contributed by atoms with Crippen molar-refractivity contribution in [2.24, 2.45) is 0 Å². The molecule has 0 aliphatic rings. The Kier molecular flexibility index (Phi) is 6.40. The van der Waals surface area contributed by atoms with E-state index in [4.69, 9.17) is 11.6 Å². The average molecular weight is 366 g/mol. The van der Waals surface area contributed by atoms with Gasteiger partial charge in [-0.15, -0.1) is 0 Å². The van der Waals surface area contributed by atoms with Crippen LogP contribution in [-0.2, 0) is 9.84 Å². The van der Waals surface area contributed by atoms with Crippen molar-refractivity contribution in [3.8, 4) is 0 Å². The Balaban J connectivity index is 1.97. The molecule has 6 heteroatoms. The first-order chi connectivity index (χ1) is 11.4. The fraction of sp³-hybridized carbons (Fsp3) is 0.278. The Morgan fingerprint density at radius 1 is 1.08 bits per heavy atom. The second-order valence-electron chi connectivity index (χ2n) is 5.51. The van der Waals surface area contributed by atoms with E-state index in [1.807, 2.05) is 6.92 Å². The van der Waals surface area contributed by atoms with Gasteiger partial charge in [-0.25, -0.2) is 8.42 Å². The Bertz CT molecular complexity index is 774. The summed E-state index contributed by atoms with van der Waals surface area (Å²) in [7, 11) is -3.34. The molecule has 0 radical (unpaired) electrons. The van der Waals surface area contributed by atoms with Gasteiger partial charge in [0, 0.05) is 16.6 Å². The third-order valence-corrected chi connectivity index (χ3v) is 5.79. The van der Waals surface area contributed by atoms with Gasteiger partial charge in [0.2, 0.25) is 0 Å². The normalized spacial score (nSPS) is 12.6. The number of benzene rings is 2. The van der Waals surface area contributed by atoms with Crippen LogP contribution in [0.5, 0.6) is 0 Å². The lowest BCUT2D eigenvalue weighted by Crippen LogP contribution is -2.35. The summed E-state index contributed by atoms with van der Waals surface area (Å²) >= 11 is 5.81. The van der Waals surface area contributed by atoms with Gasteiger partial charge in [-0.2, -0.15) is 0 Å². The molecular weight excluding hydrogens is 346 g/mol. The summed E-state index contributed by atoms with van der Waals surface area (Å²) in [5.41, 5.74) is 0.503. The minimum atomic E-state index is -3.34. The summed E-state index contributed by atoms with van der Waals surface area (Å²) in [5, 5.41) is 3.44. The van der Waals surface area contributed by atoms with Crippen molar-refractivity contribution in [1.82, 2.24) is 5.32 Å². The maximum Gasteiger partial charge on any atom is 0.251 e. The van der Waals surface area contributed by atoms with Crippen molar-refractivity contribution in [1.29, 1.82) is 0 Å². The molecule has 0 saturated heterocycles. The van der Waals surface area contributed by atoms with Crippen LogP contribution < -0.4 is 5.32 Å². The van der Waals surface area contributed by atoms with Gasteiger partial charge in [0.1, 0.15) is 0 Å². The number of halogens is 1. The van der Waals surface area contributed by atoms with Gasteiger partial charge in [-0.05, 0) is 49.2 Å². The minimum Gasteiger partial charge on any atom is -0.349 e. The predicted octanol–water partition coefficient (Wildman–Crippen LogP) is 3.71. The molecule has 4 nitrogen and oxygen atoms in total. The largest absolute Gasteiger partial charge is 0.349 e. The van der Waals surface area contributed by atoms with Crippen LogP contribution in [-0.4, -0.2) is 26.1 Å². The first kappa shape index (κ1) is 18.5. The number of hydrogen-bond donors (Lipinski definition) is 1. The van der Waals surface area contributed by atoms with Gasteiger partial charge in [0.15, 0.2) is 9.84 Å². The van der Waals surface area contributed by atoms with Crippen LogP contribution in [0.4, 0.5) is 0 Å². The maximum absolute atomic E-state index is 12.3. The Morgan fingerprint density at radius 2 is 1.71 bits per heavy atom. The predicted molar refractivity (Wildman–Crippen MR) is 96.1 cm³/mol. The number of hydrogen-bond acceptors (Lipinski definition) is 3. The fourth-order valence-corrected chi connectivity index (χ4v) is 3.82. The molecule has 0 aromatic heterocycles. The van der Waals surface area contributed by atoms with E-state index in [0.717, 1.165) is 0 Å². The van der Waals surface area contributed by atoms with Gasteiger partial charge in [-0.3, -0.25) is 4.79 Å². The molecule has 0 spiro atoms. The zero-order valence-electron chi connectivity index (χ0n) is 13.4. The SMILES string of the molecule is CCC(CCS(=O)(=O)c1ccccc1)NC(=O)c1ccc(Cl)cc1. The summed E-state index contributed by atoms with van der Waals surface area (Å²) in [5.74, 6) is -0.230. The van der Waals surface area contributed by atoms with Gasteiger partial charge in [0.25, 0.3) is 5.91 Å². The van der Waals surface area contributed by atoms with Crippen LogP contribution in [0.2, 0.25) is 5.02 Å². The quantitative estimate of drug-likeness (QED) is 0.813. The number of sulfone groups is 1. The monoisotopic (exact) mass is 365 g/mol. The molecule has 0 bridgehead atoms. The van der Waals surface area contributed by atoms with Crippen molar-refractivity contribution in [3.05, 3.63) is 65.2 Å². The minimum absolute atomic E-state index is 0.00355. The van der Waals surface area contributed by atoms with E-state index in [1.165, 1.54) is 0 Å². The second kappa shape index (κ2) is 8.31. The number of rotatable bonds is 7. The molecule has 1 unspecified atom stereocenters. The Labute approximate surface area is 147 Å². The highest BCUT2D eigenvalue weighted by Crippen LogP contribution is 2.14. The van der Waals surface area contributed by atoms with Crippen molar-refractivity contribution in [3.63, 3.8) is 0 Å². The van der Waals surface area contributed by atoms with E-state index in [-0.39, 0.29) is 17.7 Å². The van der Waals surface area contributed by atoms with E-state index in [2.05, 4.69) is 5.32 Å². The van der Waals surface area contributed by atoms with E-state index in [0.29, 0.717) is 28.3 Å². The van der Waals surface area contributed by atoms with Crippen LogP contribution in [0.15, 0.2) is 59.5 Å². The van der Waals surface area contributed by atoms with Gasteiger partial charge in [0.05, 0.1) is 10.6 Å². The lowest BCUT2D eigenvalue weighted by atomic mass is 10.1. The van der Waals surface area contributed by atoms with Crippen LogP contribution >= 0.6 is 11.6 Å². The van der Waals surface area contributed by atoms with Gasteiger partial charge < -0.3 is 5.32 Å². The molecule has 1 amide bonds. The highest BCUT2D eigenvalue weighted by atomic mass is 35.5. The second-order valence-corrected chi connectivity index (χ2v) is 8.05. The first-order valence-electron chi connectivity index (χ1n) is 7.76. The van der Waals surface area contributed by atoms with Gasteiger partial charge in [-0.1, -0.05) is 36.7 Å². The highest BCUT2D eigenvalue weighted by Gasteiger charge is 2.18. The van der Waals surface area contributed by atoms with Crippen LogP contribution in [0.3, 0.4) is 0 Å². The standard InChI is InChI=1S/C18H20ClNO3S/c1-2-16(20-18(21)14-8-10-15(19)11-9-14)12-13-24(22,23)17-6-4-3-5-7-17/h3-11,16H,2,12-13H2,1H3,(H,20,21). The van der Waals surface area contributed by atoms with E-state index >= 15 is 0 Å².